The number of benzene rings is 1. The highest BCUT2D eigenvalue weighted by Gasteiger charge is 2.20. The van der Waals surface area contributed by atoms with E-state index in [4.69, 9.17) is 9.47 Å². The molecule has 5 nitrogen and oxygen atoms in total. The van der Waals surface area contributed by atoms with Crippen LogP contribution in [0.25, 0.3) is 0 Å². The van der Waals surface area contributed by atoms with Gasteiger partial charge in [0.1, 0.15) is 0 Å². The van der Waals surface area contributed by atoms with E-state index in [-0.39, 0.29) is 5.91 Å². The largest absolute Gasteiger partial charge is 0.493 e. The van der Waals surface area contributed by atoms with Crippen LogP contribution in [-0.2, 0) is 11.3 Å². The second kappa shape index (κ2) is 8.77. The number of nitrogens with one attached hydrogen (secondary N) is 1. The summed E-state index contributed by atoms with van der Waals surface area (Å²) in [6.45, 7) is 5.45. The number of carbonyl (C=O) groups is 1. The van der Waals surface area contributed by atoms with E-state index < -0.39 is 0 Å². The van der Waals surface area contributed by atoms with Crippen LogP contribution in [-0.4, -0.2) is 44.7 Å². The van der Waals surface area contributed by atoms with Crippen molar-refractivity contribution in [1.29, 1.82) is 0 Å². The molecule has 0 bridgehead atoms. The summed E-state index contributed by atoms with van der Waals surface area (Å²) in [6, 6.07) is 5.86. The lowest BCUT2D eigenvalue weighted by Crippen LogP contribution is -2.40. The number of hydrogen-bond donors (Lipinski definition) is 1. The maximum atomic E-state index is 12.2. The number of methoxy groups -OCH3 is 2. The fourth-order valence-corrected chi connectivity index (χ4v) is 2.99. The SMILES string of the molecule is COc1ccc(CNCCC(=O)N2CCCC(C)C2)cc1OC. The van der Waals surface area contributed by atoms with E-state index in [0.29, 0.717) is 25.4 Å². The summed E-state index contributed by atoms with van der Waals surface area (Å²) >= 11 is 0. The van der Waals surface area contributed by atoms with Crippen molar-refractivity contribution >= 4 is 5.91 Å². The average Bonchev–Trinajstić information content (AvgIpc) is 2.58. The summed E-state index contributed by atoms with van der Waals surface area (Å²) in [6.07, 6.45) is 2.92. The number of amides is 1. The highest BCUT2D eigenvalue weighted by Crippen LogP contribution is 2.27. The van der Waals surface area contributed by atoms with Gasteiger partial charge in [-0.3, -0.25) is 4.79 Å². The van der Waals surface area contributed by atoms with Crippen molar-refractivity contribution in [1.82, 2.24) is 10.2 Å². The van der Waals surface area contributed by atoms with Crippen molar-refractivity contribution in [2.24, 2.45) is 5.92 Å². The van der Waals surface area contributed by atoms with Gasteiger partial charge in [0.05, 0.1) is 14.2 Å². The average molecular weight is 320 g/mol. The molecule has 1 heterocycles. The molecule has 0 spiro atoms. The Labute approximate surface area is 139 Å². The zero-order valence-electron chi connectivity index (χ0n) is 14.4. The van der Waals surface area contributed by atoms with E-state index >= 15 is 0 Å². The Morgan fingerprint density at radius 3 is 2.78 bits per heavy atom. The number of nitrogens with zero attached hydrogens (tertiary/aromatic N) is 1. The maximum Gasteiger partial charge on any atom is 0.223 e. The van der Waals surface area contributed by atoms with Gasteiger partial charge in [0.25, 0.3) is 0 Å². The highest BCUT2D eigenvalue weighted by molar-refractivity contribution is 5.76. The summed E-state index contributed by atoms with van der Waals surface area (Å²) in [5, 5.41) is 3.33. The van der Waals surface area contributed by atoms with E-state index in [9.17, 15) is 4.79 Å². The minimum atomic E-state index is 0.261. The van der Waals surface area contributed by atoms with Crippen LogP contribution in [0.2, 0.25) is 0 Å². The highest BCUT2D eigenvalue weighted by atomic mass is 16.5. The Hall–Kier alpha value is -1.75. The zero-order valence-corrected chi connectivity index (χ0v) is 14.4. The van der Waals surface area contributed by atoms with Gasteiger partial charge in [-0.25, -0.2) is 0 Å². The second-order valence-corrected chi connectivity index (χ2v) is 6.20. The van der Waals surface area contributed by atoms with Crippen LogP contribution in [0, 0.1) is 5.92 Å². The normalized spacial score (nSPS) is 17.9. The lowest BCUT2D eigenvalue weighted by Gasteiger charge is -2.31. The third-order valence-corrected chi connectivity index (χ3v) is 4.30. The molecule has 1 atom stereocenters. The topological polar surface area (TPSA) is 50.8 Å². The number of piperidine rings is 1. The molecular weight excluding hydrogens is 292 g/mol. The van der Waals surface area contributed by atoms with E-state index in [1.165, 1.54) is 6.42 Å². The Kier molecular flexibility index (Phi) is 6.71. The molecule has 0 aliphatic carbocycles. The van der Waals surface area contributed by atoms with Crippen molar-refractivity contribution in [2.45, 2.75) is 32.7 Å². The van der Waals surface area contributed by atoms with E-state index in [1.54, 1.807) is 14.2 Å². The number of ether oxygens (including phenoxy) is 2. The summed E-state index contributed by atoms with van der Waals surface area (Å²) in [4.78, 5) is 14.2. The first-order valence-corrected chi connectivity index (χ1v) is 8.33. The van der Waals surface area contributed by atoms with E-state index in [0.717, 1.165) is 36.6 Å². The number of carbonyl (C=O) groups excluding carboxylic acids is 1. The van der Waals surface area contributed by atoms with Gasteiger partial charge in [-0.2, -0.15) is 0 Å². The molecule has 0 saturated carbocycles. The van der Waals surface area contributed by atoms with Gasteiger partial charge in [-0.1, -0.05) is 13.0 Å². The van der Waals surface area contributed by atoms with Crippen LogP contribution in [0.1, 0.15) is 31.7 Å². The molecule has 1 fully saturated rings. The van der Waals surface area contributed by atoms with Crippen LogP contribution in [0.3, 0.4) is 0 Å². The molecule has 1 unspecified atom stereocenters. The molecule has 0 aromatic heterocycles. The first-order chi connectivity index (χ1) is 11.1. The fourth-order valence-electron chi connectivity index (χ4n) is 2.99. The van der Waals surface area contributed by atoms with E-state index in [2.05, 4.69) is 12.2 Å². The van der Waals surface area contributed by atoms with Gasteiger partial charge in [-0.05, 0) is 36.5 Å². The molecule has 1 amide bonds. The lowest BCUT2D eigenvalue weighted by atomic mass is 10.00. The molecule has 5 heteroatoms. The molecular formula is C18H28N2O3. The van der Waals surface area contributed by atoms with Crippen molar-refractivity contribution in [3.8, 4) is 11.5 Å². The minimum absolute atomic E-state index is 0.261. The van der Waals surface area contributed by atoms with Gasteiger partial charge < -0.3 is 19.7 Å². The first-order valence-electron chi connectivity index (χ1n) is 8.33. The van der Waals surface area contributed by atoms with Crippen LogP contribution in [0.15, 0.2) is 18.2 Å². The van der Waals surface area contributed by atoms with Crippen molar-refractivity contribution in [3.05, 3.63) is 23.8 Å². The maximum absolute atomic E-state index is 12.2. The Bertz CT molecular complexity index is 519. The fraction of sp³-hybridized carbons (Fsp3) is 0.611. The molecule has 23 heavy (non-hydrogen) atoms. The predicted molar refractivity (Wildman–Crippen MR) is 90.8 cm³/mol. The van der Waals surface area contributed by atoms with Crippen LogP contribution in [0.5, 0.6) is 11.5 Å². The van der Waals surface area contributed by atoms with Crippen molar-refractivity contribution in [2.75, 3.05) is 33.9 Å². The molecule has 1 saturated heterocycles. The molecule has 128 valence electrons. The molecule has 1 N–H and O–H groups in total. The molecule has 1 aliphatic heterocycles. The summed E-state index contributed by atoms with van der Waals surface area (Å²) in [7, 11) is 3.26. The number of rotatable bonds is 7. The summed E-state index contributed by atoms with van der Waals surface area (Å²) < 4.78 is 10.5. The molecule has 0 radical (unpaired) electrons. The van der Waals surface area contributed by atoms with Crippen molar-refractivity contribution in [3.63, 3.8) is 0 Å². The van der Waals surface area contributed by atoms with Crippen LogP contribution >= 0.6 is 0 Å². The zero-order chi connectivity index (χ0) is 16.7. The van der Waals surface area contributed by atoms with Gasteiger partial charge in [0, 0.05) is 32.6 Å². The van der Waals surface area contributed by atoms with Crippen LogP contribution < -0.4 is 14.8 Å². The van der Waals surface area contributed by atoms with Gasteiger partial charge in [0.15, 0.2) is 11.5 Å². The molecule has 2 rings (SSSR count). The summed E-state index contributed by atoms with van der Waals surface area (Å²) in [5.41, 5.74) is 1.11. The standard InChI is InChI=1S/C18H28N2O3/c1-14-5-4-10-20(13-14)18(21)8-9-19-12-15-6-7-16(22-2)17(11-15)23-3/h6-7,11,14,19H,4-5,8-10,12-13H2,1-3H3. The van der Waals surface area contributed by atoms with Gasteiger partial charge >= 0.3 is 0 Å². The lowest BCUT2D eigenvalue weighted by molar-refractivity contribution is -0.132. The smallest absolute Gasteiger partial charge is 0.223 e. The number of hydrogen-bond acceptors (Lipinski definition) is 4. The third-order valence-electron chi connectivity index (χ3n) is 4.30. The monoisotopic (exact) mass is 320 g/mol. The minimum Gasteiger partial charge on any atom is -0.493 e. The predicted octanol–water partition coefficient (Wildman–Crippen LogP) is 2.44. The molecule has 1 aromatic rings. The Morgan fingerprint density at radius 1 is 1.30 bits per heavy atom. The summed E-state index contributed by atoms with van der Waals surface area (Å²) in [5.74, 6) is 2.35. The second-order valence-electron chi connectivity index (χ2n) is 6.20. The van der Waals surface area contributed by atoms with Crippen molar-refractivity contribution < 1.29 is 14.3 Å². The van der Waals surface area contributed by atoms with Gasteiger partial charge in [0.2, 0.25) is 5.91 Å². The molecule has 1 aliphatic rings. The first kappa shape index (κ1) is 17.6. The third kappa shape index (κ3) is 5.13. The number of likely N-dealkylation sites (tertiary alicyclic amines) is 1. The molecule has 1 aromatic carbocycles. The Balaban J connectivity index is 1.73. The Morgan fingerprint density at radius 2 is 2.09 bits per heavy atom. The van der Waals surface area contributed by atoms with Crippen LogP contribution in [0.4, 0.5) is 0 Å². The van der Waals surface area contributed by atoms with E-state index in [1.807, 2.05) is 23.1 Å². The van der Waals surface area contributed by atoms with Gasteiger partial charge in [-0.15, -0.1) is 0 Å². The quantitative estimate of drug-likeness (QED) is 0.784.